The second-order valence-corrected chi connectivity index (χ2v) is 9.94. The van der Waals surface area contributed by atoms with Crippen molar-refractivity contribution in [1.82, 2.24) is 10.1 Å². The summed E-state index contributed by atoms with van der Waals surface area (Å²) in [4.78, 5) is 14.7. The average Bonchev–Trinajstić information content (AvgIpc) is 3.38. The number of hydrogen-bond donors (Lipinski definition) is 0. The summed E-state index contributed by atoms with van der Waals surface area (Å²) < 4.78 is 32.8. The van der Waals surface area contributed by atoms with Gasteiger partial charge in [-0.05, 0) is 23.9 Å². The Kier molecular flexibility index (Phi) is 5.38. The first-order valence-corrected chi connectivity index (χ1v) is 12.2. The quantitative estimate of drug-likeness (QED) is 0.414. The molecule has 1 aliphatic heterocycles. The van der Waals surface area contributed by atoms with E-state index < -0.39 is 10.0 Å². The minimum atomic E-state index is -3.75. The second kappa shape index (κ2) is 8.37. The summed E-state index contributed by atoms with van der Waals surface area (Å²) in [5, 5.41) is 5.64. The van der Waals surface area contributed by atoms with Crippen LogP contribution in [0.4, 0.5) is 5.69 Å². The molecular formula is C25H23N3O4S. The summed E-state index contributed by atoms with van der Waals surface area (Å²) in [5.41, 5.74) is 2.32. The molecule has 0 saturated carbocycles. The molecule has 8 heteroatoms. The third kappa shape index (κ3) is 3.87. The Morgan fingerprint density at radius 2 is 1.79 bits per heavy atom. The average molecular weight is 462 g/mol. The molecule has 7 nitrogen and oxygen atoms in total. The van der Waals surface area contributed by atoms with Gasteiger partial charge in [0.25, 0.3) is 10.0 Å². The zero-order valence-corrected chi connectivity index (χ0v) is 19.0. The first-order valence-electron chi connectivity index (χ1n) is 10.7. The topological polar surface area (TPSA) is 83.7 Å². The Balaban J connectivity index is 1.22. The number of nitrogens with zero attached hydrogens (tertiary/aromatic N) is 3. The second-order valence-electron chi connectivity index (χ2n) is 8.11. The van der Waals surface area contributed by atoms with Gasteiger partial charge in [-0.3, -0.25) is 9.10 Å². The van der Waals surface area contributed by atoms with E-state index in [0.717, 1.165) is 22.4 Å². The zero-order chi connectivity index (χ0) is 23.0. The number of hydrogen-bond acceptors (Lipinski definition) is 5. The standard InChI is InChI=1S/C25H23N3O4S/c1-27(15-7-12-20-16-21(26-32-20)18-8-3-2-4-9-18)24(29)17-28-22-13-5-10-19-11-6-14-23(25(19)22)33(28,30)31/h2-6,8-11,13-14,16H,7,12,15,17H2,1H3. The van der Waals surface area contributed by atoms with Gasteiger partial charge in [0.05, 0.1) is 10.6 Å². The fraction of sp³-hybridized carbons (Fsp3) is 0.200. The zero-order valence-electron chi connectivity index (χ0n) is 18.1. The number of amides is 1. The van der Waals surface area contributed by atoms with Crippen LogP contribution in [0.15, 0.2) is 82.2 Å². The van der Waals surface area contributed by atoms with Crippen LogP contribution in [0.2, 0.25) is 0 Å². The number of aromatic nitrogens is 1. The smallest absolute Gasteiger partial charge is 0.265 e. The molecule has 0 aliphatic carbocycles. The molecule has 3 aromatic carbocycles. The van der Waals surface area contributed by atoms with Crippen molar-refractivity contribution in [2.75, 3.05) is 24.4 Å². The molecule has 0 bridgehead atoms. The fourth-order valence-corrected chi connectivity index (χ4v) is 5.82. The molecule has 2 heterocycles. The van der Waals surface area contributed by atoms with Gasteiger partial charge in [-0.2, -0.15) is 0 Å². The maximum Gasteiger partial charge on any atom is 0.265 e. The molecule has 168 valence electrons. The van der Waals surface area contributed by atoms with Gasteiger partial charge in [0.15, 0.2) is 0 Å². The van der Waals surface area contributed by atoms with Crippen LogP contribution in [0.3, 0.4) is 0 Å². The molecule has 0 unspecified atom stereocenters. The number of sulfonamides is 1. The Bertz CT molecular complexity index is 1430. The minimum Gasteiger partial charge on any atom is -0.361 e. The molecule has 0 radical (unpaired) electrons. The lowest BCUT2D eigenvalue weighted by Crippen LogP contribution is -2.40. The van der Waals surface area contributed by atoms with Gasteiger partial charge in [0.1, 0.15) is 18.0 Å². The van der Waals surface area contributed by atoms with Crippen molar-refractivity contribution < 1.29 is 17.7 Å². The lowest BCUT2D eigenvalue weighted by molar-refractivity contribution is -0.128. The van der Waals surface area contributed by atoms with Gasteiger partial charge in [-0.1, -0.05) is 59.8 Å². The van der Waals surface area contributed by atoms with E-state index in [1.54, 1.807) is 30.1 Å². The lowest BCUT2D eigenvalue weighted by Gasteiger charge is -2.23. The van der Waals surface area contributed by atoms with Crippen molar-refractivity contribution in [1.29, 1.82) is 0 Å². The lowest BCUT2D eigenvalue weighted by atomic mass is 10.1. The summed E-state index contributed by atoms with van der Waals surface area (Å²) in [7, 11) is -2.06. The monoisotopic (exact) mass is 461 g/mol. The van der Waals surface area contributed by atoms with Crippen molar-refractivity contribution in [3.63, 3.8) is 0 Å². The highest BCUT2D eigenvalue weighted by Crippen LogP contribution is 2.41. The molecule has 33 heavy (non-hydrogen) atoms. The maximum absolute atomic E-state index is 13.1. The number of aryl methyl sites for hydroxylation is 1. The van der Waals surface area contributed by atoms with E-state index >= 15 is 0 Å². The van der Waals surface area contributed by atoms with E-state index in [0.29, 0.717) is 30.5 Å². The summed E-state index contributed by atoms with van der Waals surface area (Å²) in [6, 6.07) is 22.3. The molecule has 1 aromatic heterocycles. The van der Waals surface area contributed by atoms with E-state index in [1.807, 2.05) is 54.6 Å². The predicted octanol–water partition coefficient (Wildman–Crippen LogP) is 4.09. The van der Waals surface area contributed by atoms with E-state index in [1.165, 1.54) is 4.31 Å². The van der Waals surface area contributed by atoms with Crippen molar-refractivity contribution in [2.45, 2.75) is 17.7 Å². The van der Waals surface area contributed by atoms with Crippen LogP contribution in [0.5, 0.6) is 0 Å². The van der Waals surface area contributed by atoms with Gasteiger partial charge in [-0.15, -0.1) is 0 Å². The maximum atomic E-state index is 13.1. The number of carbonyl (C=O) groups is 1. The van der Waals surface area contributed by atoms with Gasteiger partial charge in [0, 0.05) is 37.0 Å². The third-order valence-electron chi connectivity index (χ3n) is 5.93. The predicted molar refractivity (Wildman–Crippen MR) is 126 cm³/mol. The normalized spacial score (nSPS) is 14.0. The number of likely N-dealkylation sites (N-methyl/N-ethyl adjacent to an activating group) is 1. The van der Waals surface area contributed by atoms with E-state index in [4.69, 9.17) is 4.52 Å². The first kappa shape index (κ1) is 21.2. The van der Waals surface area contributed by atoms with E-state index in [9.17, 15) is 13.2 Å². The Morgan fingerprint density at radius 3 is 2.58 bits per heavy atom. The number of anilines is 1. The largest absolute Gasteiger partial charge is 0.361 e. The van der Waals surface area contributed by atoms with Crippen LogP contribution in [-0.2, 0) is 21.2 Å². The number of rotatable bonds is 7. The highest BCUT2D eigenvalue weighted by molar-refractivity contribution is 7.93. The Morgan fingerprint density at radius 1 is 1.03 bits per heavy atom. The van der Waals surface area contributed by atoms with E-state index in [-0.39, 0.29) is 17.3 Å². The number of carbonyl (C=O) groups excluding carboxylic acids is 1. The molecule has 1 amide bonds. The van der Waals surface area contributed by atoms with Crippen LogP contribution in [0.25, 0.3) is 22.0 Å². The van der Waals surface area contributed by atoms with Gasteiger partial charge < -0.3 is 9.42 Å². The Labute approximate surface area is 192 Å². The molecule has 4 aromatic rings. The SMILES string of the molecule is CN(CCCc1cc(-c2ccccc2)no1)C(=O)CN1c2cccc3cccc(c23)S1(=O)=O. The van der Waals surface area contributed by atoms with Crippen LogP contribution in [0.1, 0.15) is 12.2 Å². The van der Waals surface area contributed by atoms with Gasteiger partial charge in [-0.25, -0.2) is 8.42 Å². The summed E-state index contributed by atoms with van der Waals surface area (Å²) in [5.74, 6) is 0.491. The molecule has 1 aliphatic rings. The third-order valence-corrected chi connectivity index (χ3v) is 7.73. The molecule has 0 fully saturated rings. The number of benzene rings is 3. The van der Waals surface area contributed by atoms with E-state index in [2.05, 4.69) is 5.16 Å². The van der Waals surface area contributed by atoms with Crippen molar-refractivity contribution in [2.24, 2.45) is 0 Å². The molecule has 0 spiro atoms. The van der Waals surface area contributed by atoms with Gasteiger partial charge >= 0.3 is 0 Å². The molecule has 0 N–H and O–H groups in total. The highest BCUT2D eigenvalue weighted by Gasteiger charge is 2.37. The van der Waals surface area contributed by atoms with Crippen molar-refractivity contribution >= 4 is 32.4 Å². The van der Waals surface area contributed by atoms with Crippen LogP contribution in [0, 0.1) is 0 Å². The molecule has 5 rings (SSSR count). The highest BCUT2D eigenvalue weighted by atomic mass is 32.2. The molecule has 0 saturated heterocycles. The van der Waals surface area contributed by atoms with Crippen molar-refractivity contribution in [3.05, 3.63) is 78.6 Å². The summed E-state index contributed by atoms with van der Waals surface area (Å²) in [6.45, 7) is 0.248. The van der Waals surface area contributed by atoms with Crippen LogP contribution >= 0.6 is 0 Å². The van der Waals surface area contributed by atoms with Gasteiger partial charge in [0.2, 0.25) is 5.91 Å². The van der Waals surface area contributed by atoms with Crippen molar-refractivity contribution in [3.8, 4) is 11.3 Å². The Hall–Kier alpha value is -3.65. The first-order chi connectivity index (χ1) is 15.9. The summed E-state index contributed by atoms with van der Waals surface area (Å²) >= 11 is 0. The molecular weight excluding hydrogens is 438 g/mol. The fourth-order valence-electron chi connectivity index (χ4n) is 4.16. The van der Waals surface area contributed by atoms with Crippen LogP contribution < -0.4 is 4.31 Å². The summed E-state index contributed by atoms with van der Waals surface area (Å²) in [6.07, 6.45) is 1.30. The molecule has 0 atom stereocenters. The van der Waals surface area contributed by atoms with Crippen LogP contribution in [-0.4, -0.2) is 44.5 Å². The minimum absolute atomic E-state index is 0.229.